The molecule has 0 saturated heterocycles. The zero-order chi connectivity index (χ0) is 29.7. The van der Waals surface area contributed by atoms with Crippen molar-refractivity contribution in [2.75, 3.05) is 6.61 Å². The summed E-state index contributed by atoms with van der Waals surface area (Å²) >= 11 is 0. The summed E-state index contributed by atoms with van der Waals surface area (Å²) in [6, 6.07) is -0.810. The molecule has 0 bridgehead atoms. The fourth-order valence-corrected chi connectivity index (χ4v) is 5.09. The second kappa shape index (κ2) is 29.3. The molecule has 0 fully saturated rings. The third kappa shape index (κ3) is 24.6. The van der Waals surface area contributed by atoms with Gasteiger partial charge in [0, 0.05) is 0 Å². The standard InChI is InChI=1S/C35H67NO4/c1-4-6-8-10-12-13-14-15-16-18-20-24-29-34(39)35(40)36-32(30-37)33(38)28-25-21-23-27-31(3)26-22-19-17-11-9-7-5-2/h25,27-28,32-34,37-39H,4-24,26,29-30H2,1-3H3,(H,36,40)/b28-25+,31-27+. The number of carbonyl (C=O) groups excluding carboxylic acids is 1. The quantitative estimate of drug-likeness (QED) is 0.0539. The summed E-state index contributed by atoms with van der Waals surface area (Å²) in [4.78, 5) is 12.4. The Morgan fingerprint density at radius 1 is 0.700 bits per heavy atom. The van der Waals surface area contributed by atoms with E-state index < -0.39 is 24.2 Å². The van der Waals surface area contributed by atoms with E-state index in [9.17, 15) is 20.1 Å². The van der Waals surface area contributed by atoms with Crippen molar-refractivity contribution in [3.63, 3.8) is 0 Å². The number of aliphatic hydroxyl groups excluding tert-OH is 3. The van der Waals surface area contributed by atoms with Crippen LogP contribution in [0.3, 0.4) is 0 Å². The van der Waals surface area contributed by atoms with Gasteiger partial charge in [-0.1, -0.05) is 153 Å². The maximum Gasteiger partial charge on any atom is 0.249 e. The summed E-state index contributed by atoms with van der Waals surface area (Å²) in [7, 11) is 0. The molecular formula is C35H67NO4. The van der Waals surface area contributed by atoms with Gasteiger partial charge < -0.3 is 20.6 Å². The van der Waals surface area contributed by atoms with E-state index in [0.717, 1.165) is 38.5 Å². The number of hydrogen-bond donors (Lipinski definition) is 4. The Kier molecular flexibility index (Phi) is 28.5. The maximum atomic E-state index is 12.4. The van der Waals surface area contributed by atoms with Crippen molar-refractivity contribution in [1.29, 1.82) is 0 Å². The van der Waals surface area contributed by atoms with Gasteiger partial charge in [-0.3, -0.25) is 4.79 Å². The first-order valence-electron chi connectivity index (χ1n) is 17.1. The summed E-state index contributed by atoms with van der Waals surface area (Å²) in [5.41, 5.74) is 1.42. The van der Waals surface area contributed by atoms with E-state index >= 15 is 0 Å². The van der Waals surface area contributed by atoms with Crippen LogP contribution in [0.5, 0.6) is 0 Å². The van der Waals surface area contributed by atoms with Gasteiger partial charge in [0.15, 0.2) is 0 Å². The average Bonchev–Trinajstić information content (AvgIpc) is 2.95. The number of amides is 1. The second-order valence-corrected chi connectivity index (χ2v) is 11.9. The predicted molar refractivity (Wildman–Crippen MR) is 171 cm³/mol. The summed E-state index contributed by atoms with van der Waals surface area (Å²) in [6.07, 6.45) is 31.2. The fraction of sp³-hybridized carbons (Fsp3) is 0.857. The van der Waals surface area contributed by atoms with Gasteiger partial charge in [-0.2, -0.15) is 0 Å². The highest BCUT2D eigenvalue weighted by atomic mass is 16.3. The number of nitrogens with one attached hydrogen (secondary N) is 1. The number of carbonyl (C=O) groups is 1. The molecule has 0 aliphatic rings. The van der Waals surface area contributed by atoms with E-state index in [0.29, 0.717) is 6.42 Å². The number of hydrogen-bond acceptors (Lipinski definition) is 4. The smallest absolute Gasteiger partial charge is 0.249 e. The summed E-state index contributed by atoms with van der Waals surface area (Å²) in [6.45, 7) is 6.32. The molecule has 0 radical (unpaired) electrons. The van der Waals surface area contributed by atoms with Crippen LogP contribution in [0, 0.1) is 0 Å². The average molecular weight is 566 g/mol. The molecule has 0 aromatic carbocycles. The first-order chi connectivity index (χ1) is 19.5. The highest BCUT2D eigenvalue weighted by Crippen LogP contribution is 2.14. The molecular weight excluding hydrogens is 498 g/mol. The Morgan fingerprint density at radius 3 is 1.68 bits per heavy atom. The van der Waals surface area contributed by atoms with E-state index in [1.165, 1.54) is 108 Å². The Morgan fingerprint density at radius 2 is 1.18 bits per heavy atom. The molecule has 4 N–H and O–H groups in total. The molecule has 0 aromatic rings. The van der Waals surface area contributed by atoms with Crippen LogP contribution < -0.4 is 5.32 Å². The molecule has 0 aromatic heterocycles. The minimum absolute atomic E-state index is 0.375. The molecule has 3 atom stereocenters. The van der Waals surface area contributed by atoms with Crippen LogP contribution in [-0.2, 0) is 4.79 Å². The van der Waals surface area contributed by atoms with Crippen LogP contribution in [0.4, 0.5) is 0 Å². The van der Waals surface area contributed by atoms with E-state index in [4.69, 9.17) is 0 Å². The van der Waals surface area contributed by atoms with E-state index in [2.05, 4.69) is 32.2 Å². The fourth-order valence-electron chi connectivity index (χ4n) is 5.09. The van der Waals surface area contributed by atoms with Gasteiger partial charge in [-0.25, -0.2) is 0 Å². The van der Waals surface area contributed by atoms with Crippen molar-refractivity contribution in [3.05, 3.63) is 23.8 Å². The minimum Gasteiger partial charge on any atom is -0.394 e. The van der Waals surface area contributed by atoms with Crippen molar-refractivity contribution in [2.24, 2.45) is 0 Å². The van der Waals surface area contributed by atoms with Crippen molar-refractivity contribution in [1.82, 2.24) is 5.32 Å². The summed E-state index contributed by atoms with van der Waals surface area (Å²) < 4.78 is 0. The van der Waals surface area contributed by atoms with Gasteiger partial charge in [-0.05, 0) is 39.0 Å². The number of aliphatic hydroxyl groups is 3. The van der Waals surface area contributed by atoms with Crippen LogP contribution in [0.2, 0.25) is 0 Å². The lowest BCUT2D eigenvalue weighted by Gasteiger charge is -2.21. The topological polar surface area (TPSA) is 89.8 Å². The third-order valence-electron chi connectivity index (χ3n) is 7.90. The molecule has 0 heterocycles. The first-order valence-corrected chi connectivity index (χ1v) is 17.1. The summed E-state index contributed by atoms with van der Waals surface area (Å²) in [5.74, 6) is -0.515. The number of allylic oxidation sites excluding steroid dienone is 3. The summed E-state index contributed by atoms with van der Waals surface area (Å²) in [5, 5.41) is 32.9. The van der Waals surface area contributed by atoms with E-state index in [-0.39, 0.29) is 6.61 Å². The first kappa shape index (κ1) is 38.8. The zero-order valence-corrected chi connectivity index (χ0v) is 26.7. The lowest BCUT2D eigenvalue weighted by Crippen LogP contribution is -2.48. The predicted octanol–water partition coefficient (Wildman–Crippen LogP) is 8.70. The number of rotatable bonds is 29. The van der Waals surface area contributed by atoms with Gasteiger partial charge in [0.25, 0.3) is 0 Å². The Bertz CT molecular complexity index is 619. The van der Waals surface area contributed by atoms with Crippen molar-refractivity contribution in [3.8, 4) is 0 Å². The SMILES string of the molecule is CCCCCCCCCCCCCCC(O)C(=O)NC(CO)C(O)/C=C/CC/C=C(\C)CCCCCCCCC. The maximum absolute atomic E-state index is 12.4. The number of unbranched alkanes of at least 4 members (excludes halogenated alkanes) is 18. The molecule has 0 spiro atoms. The van der Waals surface area contributed by atoms with Crippen LogP contribution >= 0.6 is 0 Å². The molecule has 5 nitrogen and oxygen atoms in total. The van der Waals surface area contributed by atoms with Crippen LogP contribution in [-0.4, -0.2) is 46.1 Å². The van der Waals surface area contributed by atoms with Crippen molar-refractivity contribution < 1.29 is 20.1 Å². The van der Waals surface area contributed by atoms with Crippen LogP contribution in [0.15, 0.2) is 23.8 Å². The van der Waals surface area contributed by atoms with Gasteiger partial charge in [0.1, 0.15) is 6.10 Å². The minimum atomic E-state index is -1.10. The van der Waals surface area contributed by atoms with E-state index in [1.54, 1.807) is 6.08 Å². The Hall–Kier alpha value is -1.17. The zero-order valence-electron chi connectivity index (χ0n) is 26.7. The van der Waals surface area contributed by atoms with Crippen molar-refractivity contribution >= 4 is 5.91 Å². The largest absolute Gasteiger partial charge is 0.394 e. The van der Waals surface area contributed by atoms with Crippen molar-refractivity contribution in [2.45, 2.75) is 187 Å². The second-order valence-electron chi connectivity index (χ2n) is 11.9. The normalized spacial score (nSPS) is 14.5. The monoisotopic (exact) mass is 566 g/mol. The van der Waals surface area contributed by atoms with Gasteiger partial charge in [0.2, 0.25) is 5.91 Å². The highest BCUT2D eigenvalue weighted by molar-refractivity contribution is 5.80. The lowest BCUT2D eigenvalue weighted by atomic mass is 10.0. The molecule has 1 amide bonds. The highest BCUT2D eigenvalue weighted by Gasteiger charge is 2.22. The van der Waals surface area contributed by atoms with E-state index in [1.807, 2.05) is 6.08 Å². The molecule has 40 heavy (non-hydrogen) atoms. The molecule has 3 unspecified atom stereocenters. The lowest BCUT2D eigenvalue weighted by molar-refractivity contribution is -0.131. The molecule has 0 aliphatic heterocycles. The Labute approximate surface area is 248 Å². The molecule has 0 rings (SSSR count). The Balaban J connectivity index is 3.95. The molecule has 5 heteroatoms. The van der Waals surface area contributed by atoms with Crippen LogP contribution in [0.1, 0.15) is 168 Å². The third-order valence-corrected chi connectivity index (χ3v) is 7.90. The van der Waals surface area contributed by atoms with Gasteiger partial charge in [0.05, 0.1) is 18.8 Å². The van der Waals surface area contributed by atoms with Gasteiger partial charge in [-0.15, -0.1) is 0 Å². The van der Waals surface area contributed by atoms with Crippen LogP contribution in [0.25, 0.3) is 0 Å². The van der Waals surface area contributed by atoms with Gasteiger partial charge >= 0.3 is 0 Å². The molecule has 0 aliphatic carbocycles. The molecule has 0 saturated carbocycles. The molecule has 236 valence electrons.